The minimum atomic E-state index is -0.336. The van der Waals surface area contributed by atoms with Gasteiger partial charge < -0.3 is 15.0 Å². The highest BCUT2D eigenvalue weighted by Crippen LogP contribution is 2.31. The molecule has 0 aromatic heterocycles. The molecule has 1 fully saturated rings. The molecule has 92 valence electrons. The molecule has 0 unspecified atom stereocenters. The minimum Gasteiger partial charge on any atom is -0.384 e. The molecule has 0 spiro atoms. The molecule has 0 radical (unpaired) electrons. The molecule has 0 aromatic carbocycles. The van der Waals surface area contributed by atoms with E-state index < -0.39 is 0 Å². The fraction of sp³-hybridized carbons (Fsp3) is 0.750. The molecule has 0 aliphatic carbocycles. The van der Waals surface area contributed by atoms with Crippen LogP contribution in [0.5, 0.6) is 0 Å². The van der Waals surface area contributed by atoms with Crippen molar-refractivity contribution in [3.8, 4) is 0 Å². The van der Waals surface area contributed by atoms with Gasteiger partial charge in [-0.15, -0.1) is 6.58 Å². The van der Waals surface area contributed by atoms with Crippen LogP contribution in [0.2, 0.25) is 0 Å². The third-order valence-corrected chi connectivity index (χ3v) is 3.18. The summed E-state index contributed by atoms with van der Waals surface area (Å²) in [5.74, 6) is 0.177. The zero-order chi connectivity index (χ0) is 12.0. The van der Waals surface area contributed by atoms with E-state index in [9.17, 15) is 4.79 Å². The number of nitrogens with one attached hydrogen (secondary N) is 1. The van der Waals surface area contributed by atoms with Crippen LogP contribution in [0.15, 0.2) is 12.7 Å². The van der Waals surface area contributed by atoms with Crippen molar-refractivity contribution in [2.45, 2.75) is 12.8 Å². The van der Waals surface area contributed by atoms with Crippen LogP contribution in [0.4, 0.5) is 0 Å². The summed E-state index contributed by atoms with van der Waals surface area (Å²) in [6, 6.07) is 0. The van der Waals surface area contributed by atoms with Crippen molar-refractivity contribution in [1.82, 2.24) is 10.2 Å². The largest absolute Gasteiger partial charge is 0.384 e. The molecule has 16 heavy (non-hydrogen) atoms. The molecule has 1 saturated heterocycles. The number of hydrogen-bond donors (Lipinski definition) is 1. The average Bonchev–Trinajstić information content (AvgIpc) is 2.30. The van der Waals surface area contributed by atoms with Crippen LogP contribution in [0.1, 0.15) is 12.8 Å². The van der Waals surface area contributed by atoms with E-state index in [1.165, 1.54) is 0 Å². The first-order valence-electron chi connectivity index (χ1n) is 5.72. The summed E-state index contributed by atoms with van der Waals surface area (Å²) in [6.07, 6.45) is 3.45. The van der Waals surface area contributed by atoms with Gasteiger partial charge in [0.1, 0.15) is 0 Å². The van der Waals surface area contributed by atoms with E-state index in [1.54, 1.807) is 18.1 Å². The first-order valence-corrected chi connectivity index (χ1v) is 5.72. The summed E-state index contributed by atoms with van der Waals surface area (Å²) in [5.41, 5.74) is -0.336. The second-order valence-electron chi connectivity index (χ2n) is 4.44. The lowest BCUT2D eigenvalue weighted by Crippen LogP contribution is -2.50. The number of carbonyl (C=O) groups is 1. The second-order valence-corrected chi connectivity index (χ2v) is 4.44. The standard InChI is InChI=1S/C12H22N2O2/c1-4-9-14(2)11(15)12(10-16-3)5-7-13-8-6-12/h4,13H,1,5-10H2,2-3H3. The Balaban J connectivity index is 2.74. The maximum atomic E-state index is 12.4. The predicted octanol–water partition coefficient (Wildman–Crippen LogP) is 0.647. The smallest absolute Gasteiger partial charge is 0.231 e. The highest BCUT2D eigenvalue weighted by molar-refractivity contribution is 5.83. The molecule has 4 heteroatoms. The van der Waals surface area contributed by atoms with Crippen molar-refractivity contribution < 1.29 is 9.53 Å². The van der Waals surface area contributed by atoms with E-state index in [2.05, 4.69) is 11.9 Å². The summed E-state index contributed by atoms with van der Waals surface area (Å²) in [4.78, 5) is 14.1. The molecule has 0 bridgehead atoms. The van der Waals surface area contributed by atoms with Crippen LogP contribution in [-0.4, -0.2) is 51.2 Å². The Kier molecular flexibility index (Phi) is 4.96. The number of amides is 1. The average molecular weight is 226 g/mol. The Bertz CT molecular complexity index is 242. The fourth-order valence-electron chi connectivity index (χ4n) is 2.28. The molecule has 1 aliphatic rings. The normalized spacial score (nSPS) is 19.1. The molecule has 1 rings (SSSR count). The number of methoxy groups -OCH3 is 1. The molecule has 1 amide bonds. The summed E-state index contributed by atoms with van der Waals surface area (Å²) in [5, 5.41) is 3.28. The van der Waals surface area contributed by atoms with Gasteiger partial charge in [0, 0.05) is 20.7 Å². The number of ether oxygens (including phenoxy) is 1. The molecule has 1 N–H and O–H groups in total. The van der Waals surface area contributed by atoms with Crippen molar-refractivity contribution in [2.75, 3.05) is 40.4 Å². The van der Waals surface area contributed by atoms with Crippen molar-refractivity contribution in [3.05, 3.63) is 12.7 Å². The van der Waals surface area contributed by atoms with Crippen molar-refractivity contribution in [1.29, 1.82) is 0 Å². The van der Waals surface area contributed by atoms with Crippen LogP contribution < -0.4 is 5.32 Å². The zero-order valence-electron chi connectivity index (χ0n) is 10.3. The van der Waals surface area contributed by atoms with E-state index in [0.717, 1.165) is 25.9 Å². The molecular formula is C12H22N2O2. The highest BCUT2D eigenvalue weighted by Gasteiger charge is 2.41. The maximum absolute atomic E-state index is 12.4. The lowest BCUT2D eigenvalue weighted by molar-refractivity contribution is -0.145. The fourth-order valence-corrected chi connectivity index (χ4v) is 2.28. The topological polar surface area (TPSA) is 41.6 Å². The van der Waals surface area contributed by atoms with Gasteiger partial charge in [-0.1, -0.05) is 6.08 Å². The van der Waals surface area contributed by atoms with Gasteiger partial charge in [0.25, 0.3) is 0 Å². The number of rotatable bonds is 5. The Morgan fingerprint density at radius 3 is 2.69 bits per heavy atom. The molecule has 0 saturated carbocycles. The number of hydrogen-bond acceptors (Lipinski definition) is 3. The summed E-state index contributed by atoms with van der Waals surface area (Å²) >= 11 is 0. The van der Waals surface area contributed by atoms with Crippen LogP contribution in [0.3, 0.4) is 0 Å². The van der Waals surface area contributed by atoms with Gasteiger partial charge in [0.15, 0.2) is 0 Å². The van der Waals surface area contributed by atoms with E-state index in [4.69, 9.17) is 4.74 Å². The molecule has 1 heterocycles. The van der Waals surface area contributed by atoms with Gasteiger partial charge in [-0.3, -0.25) is 4.79 Å². The molecule has 1 aliphatic heterocycles. The molecular weight excluding hydrogens is 204 g/mol. The zero-order valence-corrected chi connectivity index (χ0v) is 10.3. The lowest BCUT2D eigenvalue weighted by Gasteiger charge is -2.38. The SMILES string of the molecule is C=CCN(C)C(=O)C1(COC)CCNCC1. The first-order chi connectivity index (χ1) is 7.66. The quantitative estimate of drug-likeness (QED) is 0.700. The van der Waals surface area contributed by atoms with Crippen LogP contribution >= 0.6 is 0 Å². The van der Waals surface area contributed by atoms with Gasteiger partial charge in [-0.2, -0.15) is 0 Å². The highest BCUT2D eigenvalue weighted by atomic mass is 16.5. The molecule has 4 nitrogen and oxygen atoms in total. The second kappa shape index (κ2) is 6.01. The van der Waals surface area contributed by atoms with Gasteiger partial charge in [-0.05, 0) is 25.9 Å². The first kappa shape index (κ1) is 13.2. The number of likely N-dealkylation sites (N-methyl/N-ethyl adjacent to an activating group) is 1. The minimum absolute atomic E-state index is 0.177. The van der Waals surface area contributed by atoms with Crippen LogP contribution in [0.25, 0.3) is 0 Å². The van der Waals surface area contributed by atoms with Gasteiger partial charge >= 0.3 is 0 Å². The predicted molar refractivity (Wildman–Crippen MR) is 64.2 cm³/mol. The van der Waals surface area contributed by atoms with Crippen LogP contribution in [-0.2, 0) is 9.53 Å². The third kappa shape index (κ3) is 2.83. The van der Waals surface area contributed by atoms with Crippen molar-refractivity contribution >= 4 is 5.91 Å². The van der Waals surface area contributed by atoms with E-state index >= 15 is 0 Å². The summed E-state index contributed by atoms with van der Waals surface area (Å²) < 4.78 is 5.23. The number of carbonyl (C=O) groups excluding carboxylic acids is 1. The molecule has 0 atom stereocenters. The van der Waals surface area contributed by atoms with Gasteiger partial charge in [0.2, 0.25) is 5.91 Å². The van der Waals surface area contributed by atoms with Crippen molar-refractivity contribution in [2.24, 2.45) is 5.41 Å². The summed E-state index contributed by atoms with van der Waals surface area (Å²) in [6.45, 7) is 6.54. The van der Waals surface area contributed by atoms with E-state index in [1.807, 2.05) is 7.05 Å². The molecule has 0 aromatic rings. The Labute approximate surface area is 97.6 Å². The lowest BCUT2D eigenvalue weighted by atomic mass is 9.78. The van der Waals surface area contributed by atoms with Crippen molar-refractivity contribution in [3.63, 3.8) is 0 Å². The maximum Gasteiger partial charge on any atom is 0.231 e. The van der Waals surface area contributed by atoms with Crippen LogP contribution in [0, 0.1) is 5.41 Å². The summed E-state index contributed by atoms with van der Waals surface area (Å²) in [7, 11) is 3.48. The Morgan fingerprint density at radius 1 is 1.56 bits per heavy atom. The van der Waals surface area contributed by atoms with Gasteiger partial charge in [0.05, 0.1) is 12.0 Å². The number of nitrogens with zero attached hydrogens (tertiary/aromatic N) is 1. The van der Waals surface area contributed by atoms with E-state index in [0.29, 0.717) is 13.2 Å². The monoisotopic (exact) mass is 226 g/mol. The Hall–Kier alpha value is -0.870. The number of piperidine rings is 1. The van der Waals surface area contributed by atoms with Gasteiger partial charge in [-0.25, -0.2) is 0 Å². The third-order valence-electron chi connectivity index (χ3n) is 3.18. The van der Waals surface area contributed by atoms with E-state index in [-0.39, 0.29) is 11.3 Å². The Morgan fingerprint density at radius 2 is 2.19 bits per heavy atom.